The molecule has 3 aromatic rings. The second-order valence-electron chi connectivity index (χ2n) is 6.57. The molecule has 0 saturated carbocycles. The molecule has 30 heavy (non-hydrogen) atoms. The molecular formula is C21H25N5O3S. The van der Waals surface area contributed by atoms with Crippen LogP contribution in [0.25, 0.3) is 11.5 Å². The van der Waals surface area contributed by atoms with Gasteiger partial charge in [0.25, 0.3) is 0 Å². The Labute approximate surface area is 176 Å². The van der Waals surface area contributed by atoms with E-state index in [4.69, 9.17) is 4.42 Å². The molecule has 0 amide bonds. The molecule has 0 saturated heterocycles. The molecule has 9 heteroatoms. The van der Waals surface area contributed by atoms with E-state index in [9.17, 15) is 8.42 Å². The van der Waals surface area contributed by atoms with E-state index in [0.717, 1.165) is 22.4 Å². The van der Waals surface area contributed by atoms with Crippen molar-refractivity contribution in [1.82, 2.24) is 20.3 Å². The monoisotopic (exact) mass is 427 g/mol. The van der Waals surface area contributed by atoms with Crippen molar-refractivity contribution < 1.29 is 12.8 Å². The van der Waals surface area contributed by atoms with Gasteiger partial charge >= 0.3 is 0 Å². The van der Waals surface area contributed by atoms with Crippen LogP contribution in [0.1, 0.15) is 16.8 Å². The molecule has 0 aliphatic carbocycles. The number of benzene rings is 2. The molecule has 158 valence electrons. The van der Waals surface area contributed by atoms with Crippen LogP contribution in [0.5, 0.6) is 0 Å². The molecular weight excluding hydrogens is 402 g/mol. The van der Waals surface area contributed by atoms with E-state index in [2.05, 4.69) is 25.3 Å². The fourth-order valence-corrected chi connectivity index (χ4v) is 3.57. The summed E-state index contributed by atoms with van der Waals surface area (Å²) in [5, 5.41) is 6.41. The first-order valence-corrected chi connectivity index (χ1v) is 11.1. The maximum Gasteiger partial charge on any atom is 0.226 e. The van der Waals surface area contributed by atoms with Gasteiger partial charge in [0.1, 0.15) is 6.26 Å². The van der Waals surface area contributed by atoms with Crippen LogP contribution in [0, 0.1) is 0 Å². The highest BCUT2D eigenvalue weighted by atomic mass is 32.2. The van der Waals surface area contributed by atoms with Crippen molar-refractivity contribution in [3.63, 3.8) is 0 Å². The zero-order valence-corrected chi connectivity index (χ0v) is 17.7. The van der Waals surface area contributed by atoms with Gasteiger partial charge in [-0.2, -0.15) is 0 Å². The number of hydrogen-bond acceptors (Lipinski definition) is 5. The minimum atomic E-state index is -3.30. The van der Waals surface area contributed by atoms with Crippen LogP contribution in [-0.2, 0) is 28.9 Å². The van der Waals surface area contributed by atoms with Gasteiger partial charge in [0.2, 0.25) is 15.9 Å². The van der Waals surface area contributed by atoms with Gasteiger partial charge in [-0.1, -0.05) is 42.5 Å². The number of aromatic nitrogens is 1. The van der Waals surface area contributed by atoms with Crippen molar-refractivity contribution in [2.75, 3.05) is 14.1 Å². The molecule has 0 unspecified atom stereocenters. The second-order valence-corrected chi connectivity index (χ2v) is 8.50. The van der Waals surface area contributed by atoms with Gasteiger partial charge in [0.15, 0.2) is 5.96 Å². The summed E-state index contributed by atoms with van der Waals surface area (Å²) in [6.45, 7) is 0.956. The number of guanidine groups is 1. The standard InChI is InChI=1S/C21H25N5O3S/c1-22-21(24-12-16-7-6-8-17(11-16)15-30(27,28)23-2)25-13-19-14-29-20(26-19)18-9-4-3-5-10-18/h3-11,14,23H,12-13,15H2,1-2H3,(H2,22,24,25). The third-order valence-corrected chi connectivity index (χ3v) is 5.69. The highest BCUT2D eigenvalue weighted by Crippen LogP contribution is 2.17. The topological polar surface area (TPSA) is 109 Å². The van der Waals surface area contributed by atoms with E-state index in [1.54, 1.807) is 19.4 Å². The van der Waals surface area contributed by atoms with E-state index in [0.29, 0.717) is 24.9 Å². The van der Waals surface area contributed by atoms with Crippen molar-refractivity contribution in [3.8, 4) is 11.5 Å². The number of rotatable bonds is 8. The molecule has 1 aromatic heterocycles. The lowest BCUT2D eigenvalue weighted by Gasteiger charge is -2.12. The van der Waals surface area contributed by atoms with E-state index < -0.39 is 10.0 Å². The Morgan fingerprint density at radius 3 is 2.50 bits per heavy atom. The lowest BCUT2D eigenvalue weighted by Crippen LogP contribution is -2.36. The first-order valence-electron chi connectivity index (χ1n) is 9.42. The highest BCUT2D eigenvalue weighted by molar-refractivity contribution is 7.88. The minimum absolute atomic E-state index is 0.0553. The summed E-state index contributed by atoms with van der Waals surface area (Å²) in [7, 11) is -0.210. The smallest absolute Gasteiger partial charge is 0.226 e. The molecule has 0 spiro atoms. The van der Waals surface area contributed by atoms with Gasteiger partial charge in [-0.05, 0) is 30.3 Å². The molecule has 0 fully saturated rings. The van der Waals surface area contributed by atoms with Crippen molar-refractivity contribution in [3.05, 3.63) is 77.7 Å². The van der Waals surface area contributed by atoms with E-state index in [1.807, 2.05) is 48.5 Å². The second kappa shape index (κ2) is 10.0. The molecule has 0 bridgehead atoms. The first-order chi connectivity index (χ1) is 14.5. The minimum Gasteiger partial charge on any atom is -0.444 e. The molecule has 8 nitrogen and oxygen atoms in total. The number of hydrogen-bond donors (Lipinski definition) is 3. The maximum atomic E-state index is 11.7. The van der Waals surface area contributed by atoms with Crippen LogP contribution in [0.15, 0.2) is 70.3 Å². The quantitative estimate of drug-likeness (QED) is 0.376. The van der Waals surface area contributed by atoms with Crippen molar-refractivity contribution >= 4 is 16.0 Å². The van der Waals surface area contributed by atoms with Gasteiger partial charge in [-0.3, -0.25) is 4.99 Å². The first kappa shape index (κ1) is 21.5. The van der Waals surface area contributed by atoms with Gasteiger partial charge in [-0.15, -0.1) is 0 Å². The Morgan fingerprint density at radius 2 is 1.77 bits per heavy atom. The molecule has 0 aliphatic heterocycles. The fourth-order valence-electron chi connectivity index (χ4n) is 2.80. The average molecular weight is 428 g/mol. The molecule has 0 atom stereocenters. The lowest BCUT2D eigenvalue weighted by molar-refractivity contribution is 0.572. The Balaban J connectivity index is 1.54. The van der Waals surface area contributed by atoms with Crippen LogP contribution >= 0.6 is 0 Å². The molecule has 1 heterocycles. The van der Waals surface area contributed by atoms with E-state index >= 15 is 0 Å². The summed E-state index contributed by atoms with van der Waals surface area (Å²) in [6, 6.07) is 17.1. The summed E-state index contributed by atoms with van der Waals surface area (Å²) in [5.74, 6) is 1.12. The molecule has 2 aromatic carbocycles. The normalized spacial score (nSPS) is 12.0. The summed E-state index contributed by atoms with van der Waals surface area (Å²) < 4.78 is 31.3. The van der Waals surface area contributed by atoms with Gasteiger partial charge in [0.05, 0.1) is 18.0 Å². The molecule has 0 aliphatic rings. The number of oxazole rings is 1. The van der Waals surface area contributed by atoms with Crippen LogP contribution in [0.2, 0.25) is 0 Å². The van der Waals surface area contributed by atoms with Crippen LogP contribution in [0.3, 0.4) is 0 Å². The predicted octanol–water partition coefficient (Wildman–Crippen LogP) is 2.26. The lowest BCUT2D eigenvalue weighted by atomic mass is 10.1. The van der Waals surface area contributed by atoms with Crippen molar-refractivity contribution in [1.29, 1.82) is 0 Å². The molecule has 3 N–H and O–H groups in total. The fraction of sp³-hybridized carbons (Fsp3) is 0.238. The Bertz CT molecular complexity index is 1090. The van der Waals surface area contributed by atoms with E-state index in [-0.39, 0.29) is 5.75 Å². The summed E-state index contributed by atoms with van der Waals surface area (Å²) in [5.41, 5.74) is 3.36. The van der Waals surface area contributed by atoms with Gasteiger partial charge in [0, 0.05) is 19.2 Å². The number of nitrogens with one attached hydrogen (secondary N) is 3. The third kappa shape index (κ3) is 6.16. The molecule has 0 radical (unpaired) electrons. The molecule has 3 rings (SSSR count). The summed E-state index contributed by atoms with van der Waals surface area (Å²) in [6.07, 6.45) is 1.62. The SMILES string of the molecule is CN=C(NCc1cccc(CS(=O)(=O)NC)c1)NCc1coc(-c2ccccc2)n1. The zero-order chi connectivity index (χ0) is 21.4. The average Bonchev–Trinajstić information content (AvgIpc) is 3.23. The summed E-state index contributed by atoms with van der Waals surface area (Å²) >= 11 is 0. The van der Waals surface area contributed by atoms with Gasteiger partial charge < -0.3 is 15.1 Å². The largest absolute Gasteiger partial charge is 0.444 e. The Kier molecular flexibility index (Phi) is 7.21. The highest BCUT2D eigenvalue weighted by Gasteiger charge is 2.10. The maximum absolute atomic E-state index is 11.7. The summed E-state index contributed by atoms with van der Waals surface area (Å²) in [4.78, 5) is 8.69. The Hall–Kier alpha value is -3.17. The van der Waals surface area contributed by atoms with Crippen LogP contribution < -0.4 is 15.4 Å². The van der Waals surface area contributed by atoms with Crippen LogP contribution in [0.4, 0.5) is 0 Å². The Morgan fingerprint density at radius 1 is 1.03 bits per heavy atom. The van der Waals surface area contributed by atoms with Crippen molar-refractivity contribution in [2.24, 2.45) is 4.99 Å². The van der Waals surface area contributed by atoms with Crippen molar-refractivity contribution in [2.45, 2.75) is 18.8 Å². The number of aliphatic imine (C=N–C) groups is 1. The predicted molar refractivity (Wildman–Crippen MR) is 117 cm³/mol. The zero-order valence-electron chi connectivity index (χ0n) is 16.9. The number of sulfonamides is 1. The van der Waals surface area contributed by atoms with E-state index in [1.165, 1.54) is 7.05 Å². The number of nitrogens with zero attached hydrogens (tertiary/aromatic N) is 2. The third-order valence-electron chi connectivity index (χ3n) is 4.35. The van der Waals surface area contributed by atoms with Crippen LogP contribution in [-0.4, -0.2) is 33.5 Å². The van der Waals surface area contributed by atoms with Gasteiger partial charge in [-0.25, -0.2) is 18.1 Å².